The first-order valence-corrected chi connectivity index (χ1v) is 4.78. The maximum absolute atomic E-state index is 9.14. The Kier molecular flexibility index (Phi) is 31.0. The molecule has 0 fully saturated rings. The smallest absolute Gasteiger partial charge is 0.870 e. The van der Waals surface area contributed by atoms with E-state index in [9.17, 15) is 0 Å². The second kappa shape index (κ2) is 15.8. The van der Waals surface area contributed by atoms with Gasteiger partial charge in [0.25, 0.3) is 0 Å². The van der Waals surface area contributed by atoms with Crippen LogP contribution in [-0.2, 0) is 23.1 Å². The molecule has 3 nitrogen and oxygen atoms in total. The number of carboxylic acids is 1. The van der Waals surface area contributed by atoms with E-state index < -0.39 is 5.97 Å². The molecular formula is C4H7O3Zn. The normalized spacial score (nSPS) is 4.88. The maximum atomic E-state index is 9.14. The van der Waals surface area contributed by atoms with Crippen molar-refractivity contribution in [2.75, 3.05) is 0 Å². The molecule has 0 heterocycles. The average Bonchev–Trinajstić information content (AvgIpc) is 1.73. The Labute approximate surface area is 58.4 Å². The minimum atomic E-state index is -1.23. The van der Waals surface area contributed by atoms with E-state index in [0.29, 0.717) is 0 Å². The minimum Gasteiger partial charge on any atom is -0.870 e. The molecule has 4 heteroatoms. The van der Waals surface area contributed by atoms with Crippen LogP contribution >= 0.6 is 0 Å². The molecule has 0 amide bonds. The topological polar surface area (TPSA) is 70.1 Å². The van der Waals surface area contributed by atoms with Crippen LogP contribution in [0.3, 0.4) is 0 Å². The van der Waals surface area contributed by atoms with Crippen molar-refractivity contribution in [2.45, 2.75) is 5.52 Å². The zero-order chi connectivity index (χ0) is 6.28. The maximum Gasteiger partial charge on any atom is -0.870 e. The number of carbonyl (C=O) groups is 1. The van der Waals surface area contributed by atoms with E-state index in [4.69, 9.17) is 9.90 Å². The van der Waals surface area contributed by atoms with Crippen LogP contribution < -0.4 is 5.11 Å². The third kappa shape index (κ3) is 41.4. The zero-order valence-corrected chi connectivity index (χ0v) is 7.72. The number of hydrogen-bond donors (Lipinski definition) is 0. The SMILES string of the molecule is C=CC(=O)[O-].[CH3][Zn+2].[OH-]. The Morgan fingerprint density at radius 3 is 1.88 bits per heavy atom. The van der Waals surface area contributed by atoms with Crippen LogP contribution in [0, 0.1) is 0 Å². The number of hydrogen-bond acceptors (Lipinski definition) is 3. The standard InChI is InChI=1S/C3H4O2.CH3.H2O.Zn/c1-2-3(4)5;;;/h2H,1H2,(H,4,5);1H3;1H2;/q;;;+2/p-2. The summed E-state index contributed by atoms with van der Waals surface area (Å²) >= 11 is 1.38. The molecule has 0 rings (SSSR count). The van der Waals surface area contributed by atoms with Crippen molar-refractivity contribution >= 4 is 5.97 Å². The van der Waals surface area contributed by atoms with E-state index in [1.54, 1.807) is 0 Å². The molecule has 0 aromatic heterocycles. The Balaban J connectivity index is -0.0000000750. The molecular weight excluding hydrogens is 161 g/mol. The van der Waals surface area contributed by atoms with E-state index in [1.807, 2.05) is 0 Å². The van der Waals surface area contributed by atoms with Gasteiger partial charge < -0.3 is 15.4 Å². The summed E-state index contributed by atoms with van der Waals surface area (Å²) in [4.78, 5) is 9.14. The number of rotatable bonds is 1. The predicted octanol–water partition coefficient (Wildman–Crippen LogP) is -0.673. The number of aliphatic carboxylic acids is 1. The molecule has 0 aliphatic heterocycles. The van der Waals surface area contributed by atoms with Gasteiger partial charge in [0.15, 0.2) is 0 Å². The summed E-state index contributed by atoms with van der Waals surface area (Å²) in [5, 5.41) is 9.14. The average molecular weight is 168 g/mol. The van der Waals surface area contributed by atoms with Crippen LogP contribution in [0.2, 0.25) is 5.52 Å². The molecule has 0 aromatic rings. The molecule has 0 aliphatic carbocycles. The van der Waals surface area contributed by atoms with Crippen molar-refractivity contribution in [3.8, 4) is 0 Å². The Bertz CT molecular complexity index is 62.3. The predicted molar refractivity (Wildman–Crippen MR) is 23.0 cm³/mol. The summed E-state index contributed by atoms with van der Waals surface area (Å²) in [5.74, 6) is -1.23. The van der Waals surface area contributed by atoms with E-state index in [-0.39, 0.29) is 5.48 Å². The van der Waals surface area contributed by atoms with Crippen molar-refractivity contribution in [2.24, 2.45) is 0 Å². The van der Waals surface area contributed by atoms with Gasteiger partial charge in [-0.15, -0.1) is 0 Å². The van der Waals surface area contributed by atoms with Gasteiger partial charge in [-0.05, 0) is 6.08 Å². The van der Waals surface area contributed by atoms with Crippen LogP contribution in [0.1, 0.15) is 0 Å². The molecule has 0 aromatic carbocycles. The van der Waals surface area contributed by atoms with E-state index in [1.165, 1.54) is 18.3 Å². The third-order valence-electron chi connectivity index (χ3n) is 0.167. The largest absolute Gasteiger partial charge is 0.870 e. The second-order valence-electron chi connectivity index (χ2n) is 0.523. The molecule has 8 heavy (non-hydrogen) atoms. The molecule has 0 saturated carbocycles. The Morgan fingerprint density at radius 1 is 1.75 bits per heavy atom. The summed E-state index contributed by atoms with van der Waals surface area (Å²) in [6.07, 6.45) is 0.722. The molecule has 0 atom stereocenters. The van der Waals surface area contributed by atoms with Crippen LogP contribution in [0.15, 0.2) is 12.7 Å². The first-order valence-electron chi connectivity index (χ1n) is 1.81. The third-order valence-corrected chi connectivity index (χ3v) is 0.167. The van der Waals surface area contributed by atoms with Crippen molar-refractivity contribution in [3.05, 3.63) is 12.7 Å². The van der Waals surface area contributed by atoms with Gasteiger partial charge in [0.2, 0.25) is 0 Å². The summed E-state index contributed by atoms with van der Waals surface area (Å²) in [6, 6.07) is 0. The van der Waals surface area contributed by atoms with Crippen LogP contribution in [0.25, 0.3) is 0 Å². The summed E-state index contributed by atoms with van der Waals surface area (Å²) in [5.41, 5.74) is 2.12. The molecule has 0 aliphatic rings. The van der Waals surface area contributed by atoms with Crippen LogP contribution in [-0.4, -0.2) is 11.4 Å². The molecule has 43 valence electrons. The van der Waals surface area contributed by atoms with Gasteiger partial charge in [-0.1, -0.05) is 6.58 Å². The number of carbonyl (C=O) groups excluding carboxylic acids is 1. The molecule has 0 spiro atoms. The van der Waals surface area contributed by atoms with Crippen molar-refractivity contribution in [3.63, 3.8) is 0 Å². The molecule has 0 radical (unpaired) electrons. The quantitative estimate of drug-likeness (QED) is 0.385. The first-order chi connectivity index (χ1) is 3.27. The molecule has 0 saturated heterocycles. The molecule has 1 N–H and O–H groups in total. The van der Waals surface area contributed by atoms with Crippen LogP contribution in [0.4, 0.5) is 0 Å². The van der Waals surface area contributed by atoms with E-state index in [0.717, 1.165) is 6.08 Å². The van der Waals surface area contributed by atoms with E-state index in [2.05, 4.69) is 12.1 Å². The summed E-state index contributed by atoms with van der Waals surface area (Å²) in [7, 11) is 0. The summed E-state index contributed by atoms with van der Waals surface area (Å²) < 4.78 is 0. The fourth-order valence-electron chi connectivity index (χ4n) is 0. The summed E-state index contributed by atoms with van der Waals surface area (Å²) in [6.45, 7) is 2.90. The molecule has 0 bridgehead atoms. The fourth-order valence-corrected chi connectivity index (χ4v) is 0. The number of carboxylic acid groups (broad SMARTS) is 1. The van der Waals surface area contributed by atoms with Gasteiger partial charge >= 0.3 is 23.8 Å². The molecule has 0 unspecified atom stereocenters. The minimum absolute atomic E-state index is 0. The van der Waals surface area contributed by atoms with Gasteiger partial charge in [-0.2, -0.15) is 0 Å². The second-order valence-corrected chi connectivity index (χ2v) is 0.523. The van der Waals surface area contributed by atoms with Gasteiger partial charge in [0, 0.05) is 0 Å². The zero-order valence-electron chi connectivity index (χ0n) is 4.76. The van der Waals surface area contributed by atoms with Gasteiger partial charge in [-0.25, -0.2) is 0 Å². The van der Waals surface area contributed by atoms with Gasteiger partial charge in [-0.3, -0.25) is 0 Å². The van der Waals surface area contributed by atoms with Crippen molar-refractivity contribution in [1.82, 2.24) is 0 Å². The first kappa shape index (κ1) is 15.7. The van der Waals surface area contributed by atoms with Crippen molar-refractivity contribution < 1.29 is 33.7 Å². The van der Waals surface area contributed by atoms with Crippen LogP contribution in [0.5, 0.6) is 0 Å². The monoisotopic (exact) mass is 167 g/mol. The van der Waals surface area contributed by atoms with Crippen molar-refractivity contribution in [1.29, 1.82) is 0 Å². The van der Waals surface area contributed by atoms with Gasteiger partial charge in [0.1, 0.15) is 0 Å². The fraction of sp³-hybridized carbons (Fsp3) is 0.250. The van der Waals surface area contributed by atoms with E-state index >= 15 is 0 Å². The van der Waals surface area contributed by atoms with Gasteiger partial charge in [0.05, 0.1) is 5.97 Å². The Hall–Kier alpha value is -0.207. The Morgan fingerprint density at radius 2 is 1.88 bits per heavy atom.